The molecule has 0 spiro atoms. The van der Waals surface area contributed by atoms with Crippen molar-refractivity contribution in [1.29, 1.82) is 0 Å². The second-order valence-corrected chi connectivity index (χ2v) is 7.16. The van der Waals surface area contributed by atoms with Crippen molar-refractivity contribution in [3.8, 4) is 17.2 Å². The van der Waals surface area contributed by atoms with E-state index in [1.165, 1.54) is 24.9 Å². The molecule has 0 unspecified atom stereocenters. The Balaban J connectivity index is 1.80. The van der Waals surface area contributed by atoms with Crippen LogP contribution in [-0.2, 0) is 6.61 Å². The summed E-state index contributed by atoms with van der Waals surface area (Å²) in [6, 6.07) is 18.3. The van der Waals surface area contributed by atoms with Gasteiger partial charge in [-0.25, -0.2) is 4.39 Å². The van der Waals surface area contributed by atoms with Gasteiger partial charge in [0, 0.05) is 9.92 Å². The Morgan fingerprint density at radius 2 is 1.70 bits per heavy atom. The van der Waals surface area contributed by atoms with Crippen LogP contribution in [0.15, 0.2) is 70.5 Å². The van der Waals surface area contributed by atoms with E-state index in [4.69, 9.17) is 25.8 Å². The van der Waals surface area contributed by atoms with Gasteiger partial charge in [-0.05, 0) is 35.9 Å². The van der Waals surface area contributed by atoms with E-state index in [-0.39, 0.29) is 5.75 Å². The van der Waals surface area contributed by atoms with E-state index in [1.807, 2.05) is 48.5 Å². The highest BCUT2D eigenvalue weighted by atomic mass is 35.5. The molecule has 0 atom stereocenters. The molecule has 0 radical (unpaired) electrons. The number of rotatable bonds is 7. The molecule has 0 saturated heterocycles. The zero-order valence-electron chi connectivity index (χ0n) is 14.9. The third kappa shape index (κ3) is 4.87. The van der Waals surface area contributed by atoms with Gasteiger partial charge >= 0.3 is 0 Å². The second kappa shape index (κ2) is 9.02. The Hall–Kier alpha value is -2.37. The molecule has 3 aromatic rings. The Labute approximate surface area is 167 Å². The van der Waals surface area contributed by atoms with Gasteiger partial charge in [0.1, 0.15) is 6.61 Å². The van der Waals surface area contributed by atoms with Crippen molar-refractivity contribution < 1.29 is 18.6 Å². The Morgan fingerprint density at radius 1 is 0.926 bits per heavy atom. The van der Waals surface area contributed by atoms with Crippen LogP contribution in [0.2, 0.25) is 5.02 Å². The van der Waals surface area contributed by atoms with E-state index in [0.717, 1.165) is 10.5 Å². The number of hydrogen-bond acceptors (Lipinski definition) is 4. The average Bonchev–Trinajstić information content (AvgIpc) is 2.67. The van der Waals surface area contributed by atoms with Crippen molar-refractivity contribution >= 4 is 23.4 Å². The predicted molar refractivity (Wildman–Crippen MR) is 106 cm³/mol. The van der Waals surface area contributed by atoms with Gasteiger partial charge in [0.15, 0.2) is 23.1 Å². The van der Waals surface area contributed by atoms with E-state index in [1.54, 1.807) is 13.2 Å². The van der Waals surface area contributed by atoms with E-state index in [2.05, 4.69) is 0 Å². The SMILES string of the molecule is COc1cc(Sc2cc(Cl)cc(F)c2OC)ccc1OCc1ccccc1. The van der Waals surface area contributed by atoms with Crippen LogP contribution < -0.4 is 14.2 Å². The monoisotopic (exact) mass is 404 g/mol. The van der Waals surface area contributed by atoms with E-state index in [0.29, 0.717) is 28.0 Å². The molecule has 0 aromatic heterocycles. The molecule has 0 fully saturated rings. The fourth-order valence-corrected chi connectivity index (χ4v) is 3.79. The van der Waals surface area contributed by atoms with Crippen LogP contribution in [0.25, 0.3) is 0 Å². The lowest BCUT2D eigenvalue weighted by atomic mass is 10.2. The standard InChI is InChI=1S/C21H18ClFO3S/c1-24-19-12-16(27-20-11-15(22)10-17(23)21(20)25-2)8-9-18(19)26-13-14-6-4-3-5-7-14/h3-12H,13H2,1-2H3. The number of ether oxygens (including phenoxy) is 3. The van der Waals surface area contributed by atoms with Gasteiger partial charge in [-0.1, -0.05) is 53.7 Å². The zero-order valence-corrected chi connectivity index (χ0v) is 16.4. The maximum atomic E-state index is 14.0. The number of benzene rings is 3. The van der Waals surface area contributed by atoms with Gasteiger partial charge in [-0.3, -0.25) is 0 Å². The van der Waals surface area contributed by atoms with Crippen LogP contribution in [0.5, 0.6) is 17.2 Å². The lowest BCUT2D eigenvalue weighted by Crippen LogP contribution is -1.97. The summed E-state index contributed by atoms with van der Waals surface area (Å²) in [7, 11) is 3.01. The summed E-state index contributed by atoms with van der Waals surface area (Å²) in [6.07, 6.45) is 0. The molecule has 0 bridgehead atoms. The lowest BCUT2D eigenvalue weighted by Gasteiger charge is -2.13. The Kier molecular flexibility index (Phi) is 6.48. The highest BCUT2D eigenvalue weighted by Gasteiger charge is 2.14. The molecule has 3 aromatic carbocycles. The van der Waals surface area contributed by atoms with Crippen molar-refractivity contribution in [2.75, 3.05) is 14.2 Å². The first-order valence-corrected chi connectivity index (χ1v) is 9.36. The number of halogens is 2. The highest BCUT2D eigenvalue weighted by molar-refractivity contribution is 7.99. The summed E-state index contributed by atoms with van der Waals surface area (Å²) in [5, 5.41) is 0.311. The molecule has 0 aliphatic carbocycles. The first-order valence-electron chi connectivity index (χ1n) is 8.16. The van der Waals surface area contributed by atoms with Crippen LogP contribution in [0.4, 0.5) is 4.39 Å². The van der Waals surface area contributed by atoms with Gasteiger partial charge in [0.05, 0.1) is 19.1 Å². The minimum absolute atomic E-state index is 0.160. The van der Waals surface area contributed by atoms with E-state index in [9.17, 15) is 4.39 Å². The summed E-state index contributed by atoms with van der Waals surface area (Å²) < 4.78 is 30.5. The molecule has 3 rings (SSSR count). The quantitative estimate of drug-likeness (QED) is 0.466. The predicted octanol–water partition coefficient (Wildman–Crippen LogP) is 6.23. The van der Waals surface area contributed by atoms with Crippen LogP contribution >= 0.6 is 23.4 Å². The van der Waals surface area contributed by atoms with Crippen LogP contribution in [0.1, 0.15) is 5.56 Å². The van der Waals surface area contributed by atoms with Crippen molar-refractivity contribution in [1.82, 2.24) is 0 Å². The molecule has 27 heavy (non-hydrogen) atoms. The fraction of sp³-hybridized carbons (Fsp3) is 0.143. The Morgan fingerprint density at radius 3 is 2.41 bits per heavy atom. The summed E-state index contributed by atoms with van der Waals surface area (Å²) in [6.45, 7) is 0.441. The smallest absolute Gasteiger partial charge is 0.168 e. The maximum Gasteiger partial charge on any atom is 0.168 e. The molecular weight excluding hydrogens is 387 g/mol. The second-order valence-electron chi connectivity index (χ2n) is 5.61. The molecule has 0 N–H and O–H groups in total. The third-order valence-electron chi connectivity index (χ3n) is 3.78. The molecule has 140 valence electrons. The van der Waals surface area contributed by atoms with Crippen LogP contribution in [-0.4, -0.2) is 14.2 Å². The number of methoxy groups -OCH3 is 2. The molecule has 0 amide bonds. The molecule has 0 aliphatic rings. The van der Waals surface area contributed by atoms with Crippen LogP contribution in [0.3, 0.4) is 0 Å². The summed E-state index contributed by atoms with van der Waals surface area (Å²) >= 11 is 7.31. The fourth-order valence-electron chi connectivity index (χ4n) is 2.50. The van der Waals surface area contributed by atoms with Gasteiger partial charge in [-0.15, -0.1) is 0 Å². The van der Waals surface area contributed by atoms with Gasteiger partial charge in [0.2, 0.25) is 0 Å². The first kappa shape index (κ1) is 19.4. The zero-order chi connectivity index (χ0) is 19.2. The molecule has 0 aliphatic heterocycles. The molecule has 0 heterocycles. The average molecular weight is 405 g/mol. The van der Waals surface area contributed by atoms with Crippen molar-refractivity contribution in [2.45, 2.75) is 16.4 Å². The molecule has 3 nitrogen and oxygen atoms in total. The minimum Gasteiger partial charge on any atom is -0.493 e. The van der Waals surface area contributed by atoms with Crippen LogP contribution in [0, 0.1) is 5.82 Å². The van der Waals surface area contributed by atoms with Crippen molar-refractivity contribution in [2.24, 2.45) is 0 Å². The largest absolute Gasteiger partial charge is 0.493 e. The topological polar surface area (TPSA) is 27.7 Å². The van der Waals surface area contributed by atoms with E-state index < -0.39 is 5.82 Å². The Bertz CT molecular complexity index is 919. The molecule has 0 saturated carbocycles. The van der Waals surface area contributed by atoms with E-state index >= 15 is 0 Å². The first-order chi connectivity index (χ1) is 13.1. The summed E-state index contributed by atoms with van der Waals surface area (Å²) in [5.74, 6) is 0.891. The van der Waals surface area contributed by atoms with Gasteiger partial charge in [0.25, 0.3) is 0 Å². The molecule has 6 heteroatoms. The van der Waals surface area contributed by atoms with Gasteiger partial charge in [-0.2, -0.15) is 0 Å². The lowest BCUT2D eigenvalue weighted by molar-refractivity contribution is 0.284. The third-order valence-corrected chi connectivity index (χ3v) is 5.01. The molecular formula is C21H18ClFO3S. The normalized spacial score (nSPS) is 10.5. The maximum absolute atomic E-state index is 14.0. The van der Waals surface area contributed by atoms with Gasteiger partial charge < -0.3 is 14.2 Å². The summed E-state index contributed by atoms with van der Waals surface area (Å²) in [5.41, 5.74) is 1.07. The van der Waals surface area contributed by atoms with Crippen molar-refractivity contribution in [3.05, 3.63) is 77.1 Å². The number of hydrogen-bond donors (Lipinski definition) is 0. The van der Waals surface area contributed by atoms with Crippen molar-refractivity contribution in [3.63, 3.8) is 0 Å². The highest BCUT2D eigenvalue weighted by Crippen LogP contribution is 2.41. The minimum atomic E-state index is -0.498. The summed E-state index contributed by atoms with van der Waals surface area (Å²) in [4.78, 5) is 1.43.